The van der Waals surface area contributed by atoms with Crippen LogP contribution in [-0.2, 0) is 0 Å². The van der Waals surface area contributed by atoms with E-state index >= 15 is 0 Å². The molecular formula is C20H17F2N3O2. The lowest BCUT2D eigenvalue weighted by Gasteiger charge is -2.19. The first-order chi connectivity index (χ1) is 13.0. The smallest absolute Gasteiger partial charge is 0.261 e. The van der Waals surface area contributed by atoms with Crippen LogP contribution >= 0.6 is 0 Å². The van der Waals surface area contributed by atoms with Crippen molar-refractivity contribution >= 4 is 28.2 Å². The molecule has 0 atom stereocenters. The number of hydrogen-bond acceptors (Lipinski definition) is 3. The number of halogens is 2. The van der Waals surface area contributed by atoms with Gasteiger partial charge in [-0.3, -0.25) is 9.59 Å². The highest BCUT2D eigenvalue weighted by atomic mass is 19.1. The van der Waals surface area contributed by atoms with E-state index in [1.54, 1.807) is 29.2 Å². The minimum absolute atomic E-state index is 0.0366. The van der Waals surface area contributed by atoms with Crippen molar-refractivity contribution in [1.29, 1.82) is 0 Å². The van der Waals surface area contributed by atoms with Gasteiger partial charge in [0.25, 0.3) is 11.5 Å². The molecule has 27 heavy (non-hydrogen) atoms. The van der Waals surface area contributed by atoms with Crippen LogP contribution in [0.5, 0.6) is 0 Å². The van der Waals surface area contributed by atoms with E-state index in [0.29, 0.717) is 24.0 Å². The highest BCUT2D eigenvalue weighted by Gasteiger charge is 2.22. The van der Waals surface area contributed by atoms with E-state index in [-0.39, 0.29) is 16.9 Å². The van der Waals surface area contributed by atoms with E-state index in [1.807, 2.05) is 0 Å². The average Bonchev–Trinajstić information content (AvgIpc) is 3.14. The van der Waals surface area contributed by atoms with Crippen molar-refractivity contribution in [3.63, 3.8) is 0 Å². The monoisotopic (exact) mass is 369 g/mol. The molecular weight excluding hydrogens is 352 g/mol. The summed E-state index contributed by atoms with van der Waals surface area (Å²) in [6, 6.07) is 10.6. The molecule has 2 heterocycles. The minimum Gasteiger partial charge on any atom is -0.367 e. The summed E-state index contributed by atoms with van der Waals surface area (Å²) in [7, 11) is 0. The first-order valence-corrected chi connectivity index (χ1v) is 8.70. The number of fused-ring (bicyclic) bond motifs is 1. The predicted octanol–water partition coefficient (Wildman–Crippen LogP) is 3.66. The molecule has 4 rings (SSSR count). The second kappa shape index (κ2) is 6.83. The van der Waals surface area contributed by atoms with Gasteiger partial charge in [-0.15, -0.1) is 0 Å². The van der Waals surface area contributed by atoms with E-state index < -0.39 is 23.1 Å². The van der Waals surface area contributed by atoms with E-state index in [9.17, 15) is 18.4 Å². The number of aromatic nitrogens is 1. The number of carbonyl (C=O) groups is 1. The molecule has 2 aromatic carbocycles. The Morgan fingerprint density at radius 2 is 1.70 bits per heavy atom. The quantitative estimate of drug-likeness (QED) is 0.741. The van der Waals surface area contributed by atoms with Crippen LogP contribution in [0.15, 0.2) is 47.3 Å². The topological polar surface area (TPSA) is 65.2 Å². The van der Waals surface area contributed by atoms with Crippen LogP contribution in [0, 0.1) is 11.6 Å². The van der Waals surface area contributed by atoms with Crippen LogP contribution < -0.4 is 15.8 Å². The summed E-state index contributed by atoms with van der Waals surface area (Å²) < 4.78 is 28.8. The second-order valence-electron chi connectivity index (χ2n) is 6.54. The summed E-state index contributed by atoms with van der Waals surface area (Å²) in [6.45, 7) is 1.21. The SMILES string of the molecule is O=C(Nc1cc(F)c(N2CCCC2)c(F)c1)c1cc2ccccc2[nH]c1=O. The highest BCUT2D eigenvalue weighted by Crippen LogP contribution is 2.29. The number of hydrogen-bond donors (Lipinski definition) is 2. The number of anilines is 2. The molecule has 5 nitrogen and oxygen atoms in total. The minimum atomic E-state index is -0.736. The fraction of sp³-hybridized carbons (Fsp3) is 0.200. The van der Waals surface area contributed by atoms with Gasteiger partial charge in [-0.1, -0.05) is 18.2 Å². The Bertz CT molecular complexity index is 1070. The van der Waals surface area contributed by atoms with Crippen molar-refractivity contribution in [3.05, 3.63) is 70.0 Å². The van der Waals surface area contributed by atoms with Crippen LogP contribution in [0.3, 0.4) is 0 Å². The molecule has 1 amide bonds. The van der Waals surface area contributed by atoms with E-state index in [1.165, 1.54) is 6.07 Å². The Hall–Kier alpha value is -3.22. The highest BCUT2D eigenvalue weighted by molar-refractivity contribution is 6.05. The lowest BCUT2D eigenvalue weighted by molar-refractivity contribution is 0.102. The maximum atomic E-state index is 14.4. The second-order valence-corrected chi connectivity index (χ2v) is 6.54. The van der Waals surface area contributed by atoms with Crippen molar-refractivity contribution in [2.24, 2.45) is 0 Å². The molecule has 0 saturated carbocycles. The molecule has 3 aromatic rings. The molecule has 2 N–H and O–H groups in total. The van der Waals surface area contributed by atoms with Gasteiger partial charge in [0, 0.05) is 24.3 Å². The number of benzene rings is 2. The zero-order valence-corrected chi connectivity index (χ0v) is 14.4. The molecule has 1 aliphatic heterocycles. The number of H-pyrrole nitrogens is 1. The normalized spacial score (nSPS) is 13.9. The molecule has 0 unspecified atom stereocenters. The van der Waals surface area contributed by atoms with Crippen molar-refractivity contribution in [2.45, 2.75) is 12.8 Å². The van der Waals surface area contributed by atoms with Gasteiger partial charge in [-0.25, -0.2) is 8.78 Å². The van der Waals surface area contributed by atoms with Crippen LogP contribution in [0.1, 0.15) is 23.2 Å². The van der Waals surface area contributed by atoms with Gasteiger partial charge < -0.3 is 15.2 Å². The van der Waals surface area contributed by atoms with Crippen LogP contribution in [0.25, 0.3) is 10.9 Å². The van der Waals surface area contributed by atoms with E-state index in [0.717, 1.165) is 25.0 Å². The largest absolute Gasteiger partial charge is 0.367 e. The molecule has 0 radical (unpaired) electrons. The summed E-state index contributed by atoms with van der Waals surface area (Å²) in [5.41, 5.74) is -0.204. The van der Waals surface area contributed by atoms with Gasteiger partial charge in [0.1, 0.15) is 11.3 Å². The average molecular weight is 369 g/mol. The summed E-state index contributed by atoms with van der Waals surface area (Å²) in [4.78, 5) is 28.9. The third kappa shape index (κ3) is 3.28. The zero-order chi connectivity index (χ0) is 19.0. The zero-order valence-electron chi connectivity index (χ0n) is 14.4. The van der Waals surface area contributed by atoms with Gasteiger partial charge >= 0.3 is 0 Å². The van der Waals surface area contributed by atoms with Crippen molar-refractivity contribution in [3.8, 4) is 0 Å². The Labute approximate surface area is 153 Å². The third-order valence-electron chi connectivity index (χ3n) is 4.70. The van der Waals surface area contributed by atoms with Gasteiger partial charge in [0.2, 0.25) is 0 Å². The maximum Gasteiger partial charge on any atom is 0.261 e. The third-order valence-corrected chi connectivity index (χ3v) is 4.70. The Morgan fingerprint density at radius 3 is 2.41 bits per heavy atom. The van der Waals surface area contributed by atoms with Gasteiger partial charge in [0.05, 0.1) is 0 Å². The molecule has 1 aromatic heterocycles. The molecule has 1 saturated heterocycles. The maximum absolute atomic E-state index is 14.4. The molecule has 138 valence electrons. The van der Waals surface area contributed by atoms with Crippen LogP contribution in [-0.4, -0.2) is 24.0 Å². The Kier molecular flexibility index (Phi) is 4.35. The molecule has 1 fully saturated rings. The predicted molar refractivity (Wildman–Crippen MR) is 100 cm³/mol. The van der Waals surface area contributed by atoms with Crippen LogP contribution in [0.2, 0.25) is 0 Å². The lowest BCUT2D eigenvalue weighted by Crippen LogP contribution is -2.24. The molecule has 0 spiro atoms. The summed E-state index contributed by atoms with van der Waals surface area (Å²) in [6.07, 6.45) is 1.78. The number of aromatic amines is 1. The summed E-state index contributed by atoms with van der Waals surface area (Å²) in [5, 5.41) is 3.09. The Morgan fingerprint density at radius 1 is 1.04 bits per heavy atom. The Balaban J connectivity index is 1.63. The van der Waals surface area contributed by atoms with Crippen molar-refractivity contribution in [1.82, 2.24) is 4.98 Å². The standard InChI is InChI=1S/C20H17F2N3O2/c21-15-10-13(11-16(22)18(15)25-7-3-4-8-25)23-19(26)14-9-12-5-1-2-6-17(12)24-20(14)27/h1-2,5-6,9-11H,3-4,7-8H2,(H,23,26)(H,24,27). The number of pyridine rings is 1. The fourth-order valence-corrected chi connectivity index (χ4v) is 3.40. The molecule has 0 aliphatic carbocycles. The van der Waals surface area contributed by atoms with Gasteiger partial charge in [-0.2, -0.15) is 0 Å². The number of rotatable bonds is 3. The molecule has 7 heteroatoms. The number of amides is 1. The molecule has 1 aliphatic rings. The van der Waals surface area contributed by atoms with Crippen molar-refractivity contribution in [2.75, 3.05) is 23.3 Å². The number of para-hydroxylation sites is 1. The first kappa shape index (κ1) is 17.2. The first-order valence-electron chi connectivity index (χ1n) is 8.70. The fourth-order valence-electron chi connectivity index (χ4n) is 3.40. The van der Waals surface area contributed by atoms with Gasteiger partial charge in [-0.05, 0) is 42.5 Å². The van der Waals surface area contributed by atoms with Crippen molar-refractivity contribution < 1.29 is 13.6 Å². The summed E-state index contributed by atoms with van der Waals surface area (Å²) >= 11 is 0. The molecule has 0 bridgehead atoms. The van der Waals surface area contributed by atoms with E-state index in [4.69, 9.17) is 0 Å². The van der Waals surface area contributed by atoms with E-state index in [2.05, 4.69) is 10.3 Å². The van der Waals surface area contributed by atoms with Gasteiger partial charge in [0.15, 0.2) is 11.6 Å². The number of nitrogens with one attached hydrogen (secondary N) is 2. The lowest BCUT2D eigenvalue weighted by atomic mass is 10.1. The number of nitrogens with zero attached hydrogens (tertiary/aromatic N) is 1. The summed E-state index contributed by atoms with van der Waals surface area (Å²) in [5.74, 6) is -2.20. The number of carbonyl (C=O) groups excluding carboxylic acids is 1. The van der Waals surface area contributed by atoms with Crippen LogP contribution in [0.4, 0.5) is 20.2 Å².